The minimum Gasteiger partial charge on any atom is -0.410 e. The molecule has 1 amide bonds. The summed E-state index contributed by atoms with van der Waals surface area (Å²) >= 11 is 1.35. The molecule has 3 heterocycles. The average Bonchev–Trinajstić information content (AvgIpc) is 3.29. The van der Waals surface area contributed by atoms with Crippen molar-refractivity contribution in [3.63, 3.8) is 0 Å². The summed E-state index contributed by atoms with van der Waals surface area (Å²) in [5.41, 5.74) is 0.0338. The standard InChI is InChI=1S/C18H19N5O3S/c1-22(2)17-20-14(24)13-16(21-17)27-15(19-13)12-9-6-10-23(12)18(25)26-11-7-4-3-5-8-11/h3-5,7-8,12H,6,9-10H2,1-2H3,(H,20,21,24)/t12-/m1/s1. The predicted molar refractivity (Wildman–Crippen MR) is 104 cm³/mol. The van der Waals surface area contributed by atoms with Crippen LogP contribution in [0.2, 0.25) is 0 Å². The predicted octanol–water partition coefficient (Wildman–Crippen LogP) is 2.78. The molecular weight excluding hydrogens is 366 g/mol. The van der Waals surface area contributed by atoms with E-state index in [4.69, 9.17) is 4.74 Å². The quantitative estimate of drug-likeness (QED) is 0.745. The van der Waals surface area contributed by atoms with Gasteiger partial charge in [0.25, 0.3) is 5.56 Å². The second-order valence-electron chi connectivity index (χ2n) is 6.52. The smallest absolute Gasteiger partial charge is 0.410 e. The minimum absolute atomic E-state index is 0.206. The van der Waals surface area contributed by atoms with Gasteiger partial charge in [0, 0.05) is 20.6 Å². The normalized spacial score (nSPS) is 16.7. The van der Waals surface area contributed by atoms with Crippen LogP contribution in [-0.4, -0.2) is 46.6 Å². The number of para-hydroxylation sites is 1. The highest BCUT2D eigenvalue weighted by atomic mass is 32.1. The number of nitrogens with one attached hydrogen (secondary N) is 1. The SMILES string of the molecule is CN(C)c1nc2sc([C@H]3CCCN3C(=O)Oc3ccccc3)nc2c(=O)[nH]1. The number of ether oxygens (including phenoxy) is 1. The number of hydrogen-bond donors (Lipinski definition) is 1. The number of thiazole rings is 1. The summed E-state index contributed by atoms with van der Waals surface area (Å²) in [6, 6.07) is 8.78. The molecule has 0 unspecified atom stereocenters. The van der Waals surface area contributed by atoms with E-state index in [1.807, 2.05) is 32.3 Å². The van der Waals surface area contributed by atoms with Crippen LogP contribution in [0.4, 0.5) is 10.7 Å². The summed E-state index contributed by atoms with van der Waals surface area (Å²) < 4.78 is 5.47. The Labute approximate surface area is 159 Å². The van der Waals surface area contributed by atoms with Crippen molar-refractivity contribution < 1.29 is 9.53 Å². The van der Waals surface area contributed by atoms with E-state index in [1.54, 1.807) is 21.9 Å². The Balaban J connectivity index is 1.62. The van der Waals surface area contributed by atoms with E-state index in [1.165, 1.54) is 11.3 Å². The fraction of sp³-hybridized carbons (Fsp3) is 0.333. The van der Waals surface area contributed by atoms with Gasteiger partial charge in [-0.15, -0.1) is 0 Å². The van der Waals surface area contributed by atoms with E-state index >= 15 is 0 Å². The first-order chi connectivity index (χ1) is 13.0. The number of fused-ring (bicyclic) bond motifs is 1. The molecule has 0 radical (unpaired) electrons. The highest BCUT2D eigenvalue weighted by molar-refractivity contribution is 7.18. The van der Waals surface area contributed by atoms with Crippen LogP contribution in [0, 0.1) is 0 Å². The molecule has 4 rings (SSSR count). The zero-order valence-corrected chi connectivity index (χ0v) is 15.8. The lowest BCUT2D eigenvalue weighted by atomic mass is 10.2. The van der Waals surface area contributed by atoms with Gasteiger partial charge in [-0.1, -0.05) is 29.5 Å². The zero-order valence-electron chi connectivity index (χ0n) is 15.0. The molecule has 8 nitrogen and oxygen atoms in total. The van der Waals surface area contributed by atoms with Crippen LogP contribution in [0.1, 0.15) is 23.9 Å². The van der Waals surface area contributed by atoms with Crippen LogP contribution < -0.4 is 15.2 Å². The fourth-order valence-electron chi connectivity index (χ4n) is 3.08. The summed E-state index contributed by atoms with van der Waals surface area (Å²) in [7, 11) is 3.62. The summed E-state index contributed by atoms with van der Waals surface area (Å²) in [4.78, 5) is 40.6. The second-order valence-corrected chi connectivity index (χ2v) is 7.53. The molecule has 2 aromatic heterocycles. The maximum atomic E-state index is 12.6. The molecule has 1 N–H and O–H groups in total. The van der Waals surface area contributed by atoms with Crippen molar-refractivity contribution >= 4 is 33.7 Å². The second kappa shape index (κ2) is 6.99. The van der Waals surface area contributed by atoms with Crippen LogP contribution >= 0.6 is 11.3 Å². The van der Waals surface area contributed by atoms with E-state index < -0.39 is 6.09 Å². The average molecular weight is 385 g/mol. The number of carbonyl (C=O) groups is 1. The Hall–Kier alpha value is -2.94. The molecule has 9 heteroatoms. The van der Waals surface area contributed by atoms with Crippen LogP contribution in [-0.2, 0) is 0 Å². The van der Waals surface area contributed by atoms with Crippen LogP contribution in [0.5, 0.6) is 5.75 Å². The molecule has 1 aliphatic heterocycles. The number of hydrogen-bond acceptors (Lipinski definition) is 7. The maximum absolute atomic E-state index is 12.6. The van der Waals surface area contributed by atoms with Crippen molar-refractivity contribution in [1.29, 1.82) is 0 Å². The molecule has 1 atom stereocenters. The molecule has 140 valence electrons. The number of anilines is 1. The third-order valence-corrected chi connectivity index (χ3v) is 5.47. The first-order valence-corrected chi connectivity index (χ1v) is 9.46. The van der Waals surface area contributed by atoms with Gasteiger partial charge in [0.15, 0.2) is 10.3 Å². The number of H-pyrrole nitrogens is 1. The number of aromatic nitrogens is 3. The number of aromatic amines is 1. The number of benzene rings is 1. The number of rotatable bonds is 3. The third kappa shape index (κ3) is 3.37. The van der Waals surface area contributed by atoms with Gasteiger partial charge in [0.1, 0.15) is 10.8 Å². The first kappa shape index (κ1) is 17.5. The molecule has 1 aliphatic rings. The van der Waals surface area contributed by atoms with Gasteiger partial charge in [0.2, 0.25) is 5.95 Å². The summed E-state index contributed by atoms with van der Waals surface area (Å²) in [6.45, 7) is 0.596. The van der Waals surface area contributed by atoms with Crippen molar-refractivity contribution in [2.24, 2.45) is 0 Å². The highest BCUT2D eigenvalue weighted by Gasteiger charge is 2.34. The number of likely N-dealkylation sites (tertiary alicyclic amines) is 1. The number of amides is 1. The van der Waals surface area contributed by atoms with Crippen molar-refractivity contribution in [2.45, 2.75) is 18.9 Å². The lowest BCUT2D eigenvalue weighted by molar-refractivity contribution is 0.147. The van der Waals surface area contributed by atoms with E-state index in [2.05, 4.69) is 15.0 Å². The molecule has 3 aromatic rings. The van der Waals surface area contributed by atoms with E-state index in [0.29, 0.717) is 33.6 Å². The van der Waals surface area contributed by atoms with Crippen LogP contribution in [0.15, 0.2) is 35.1 Å². The van der Waals surface area contributed by atoms with Crippen LogP contribution in [0.3, 0.4) is 0 Å². The third-order valence-electron chi connectivity index (χ3n) is 4.42. The minimum atomic E-state index is -0.404. The summed E-state index contributed by atoms with van der Waals surface area (Å²) in [5, 5.41) is 0.710. The maximum Gasteiger partial charge on any atom is 0.415 e. The van der Waals surface area contributed by atoms with Gasteiger partial charge < -0.3 is 9.64 Å². The van der Waals surface area contributed by atoms with E-state index in [9.17, 15) is 9.59 Å². The molecule has 1 saturated heterocycles. The zero-order chi connectivity index (χ0) is 19.0. The lowest BCUT2D eigenvalue weighted by Gasteiger charge is -2.22. The molecule has 0 bridgehead atoms. The Morgan fingerprint density at radius 3 is 2.81 bits per heavy atom. The Morgan fingerprint density at radius 1 is 1.30 bits per heavy atom. The number of nitrogens with zero attached hydrogens (tertiary/aromatic N) is 4. The fourth-order valence-corrected chi connectivity index (χ4v) is 4.16. The van der Waals surface area contributed by atoms with Crippen LogP contribution in [0.25, 0.3) is 10.3 Å². The van der Waals surface area contributed by atoms with Gasteiger partial charge >= 0.3 is 6.09 Å². The van der Waals surface area contributed by atoms with Crippen molar-refractivity contribution in [2.75, 3.05) is 25.5 Å². The van der Waals surface area contributed by atoms with E-state index in [0.717, 1.165) is 12.8 Å². The van der Waals surface area contributed by atoms with Gasteiger partial charge in [0.05, 0.1) is 6.04 Å². The van der Waals surface area contributed by atoms with Crippen molar-refractivity contribution in [3.8, 4) is 5.75 Å². The molecule has 0 spiro atoms. The monoisotopic (exact) mass is 385 g/mol. The lowest BCUT2D eigenvalue weighted by Crippen LogP contribution is -2.33. The van der Waals surface area contributed by atoms with Crippen molar-refractivity contribution in [1.82, 2.24) is 19.9 Å². The van der Waals surface area contributed by atoms with Gasteiger partial charge in [-0.2, -0.15) is 0 Å². The van der Waals surface area contributed by atoms with Gasteiger partial charge in [-0.25, -0.2) is 14.8 Å². The van der Waals surface area contributed by atoms with Gasteiger partial charge in [-0.3, -0.25) is 14.7 Å². The Bertz CT molecular complexity index is 1030. The molecule has 1 fully saturated rings. The number of carbonyl (C=O) groups excluding carboxylic acids is 1. The highest BCUT2D eigenvalue weighted by Crippen LogP contribution is 2.36. The summed E-state index contributed by atoms with van der Waals surface area (Å²) in [5.74, 6) is 0.987. The van der Waals surface area contributed by atoms with E-state index in [-0.39, 0.29) is 11.6 Å². The Kier molecular flexibility index (Phi) is 4.53. The molecule has 0 saturated carbocycles. The molecular formula is C18H19N5O3S. The van der Waals surface area contributed by atoms with Gasteiger partial charge in [-0.05, 0) is 25.0 Å². The Morgan fingerprint density at radius 2 is 2.07 bits per heavy atom. The largest absolute Gasteiger partial charge is 0.415 e. The molecule has 0 aliphatic carbocycles. The molecule has 1 aromatic carbocycles. The topological polar surface area (TPSA) is 91.4 Å². The summed E-state index contributed by atoms with van der Waals surface area (Å²) in [6.07, 6.45) is 1.23. The molecule has 27 heavy (non-hydrogen) atoms. The van der Waals surface area contributed by atoms with Crippen molar-refractivity contribution in [3.05, 3.63) is 45.7 Å². The first-order valence-electron chi connectivity index (χ1n) is 8.64.